The van der Waals surface area contributed by atoms with Gasteiger partial charge in [-0.05, 0) is 17.5 Å². The van der Waals surface area contributed by atoms with Crippen LogP contribution >= 0.6 is 0 Å². The predicted octanol–water partition coefficient (Wildman–Crippen LogP) is 2.99. The fourth-order valence-corrected chi connectivity index (χ4v) is 2.85. The molecular weight excluding hydrogens is 266 g/mol. The fraction of sp³-hybridized carbons (Fsp3) is 0.529. The Hall–Kier alpha value is -1.84. The van der Waals surface area contributed by atoms with Gasteiger partial charge in [-0.1, -0.05) is 50.5 Å². The Morgan fingerprint density at radius 2 is 1.90 bits per heavy atom. The monoisotopic (exact) mass is 289 g/mol. The molecule has 4 heteroatoms. The topological polar surface area (TPSA) is 57.6 Å². The maximum atomic E-state index is 12.3. The third-order valence-corrected chi connectivity index (χ3v) is 4.10. The SMILES string of the molecule is CCCCCCC(=O)N1Cc2ccccc2CC1C(=O)O. The van der Waals surface area contributed by atoms with Crippen molar-refractivity contribution in [3.05, 3.63) is 35.4 Å². The normalized spacial score (nSPS) is 17.4. The second-order valence-electron chi connectivity index (χ2n) is 5.66. The molecule has 0 radical (unpaired) electrons. The second-order valence-corrected chi connectivity index (χ2v) is 5.66. The summed E-state index contributed by atoms with van der Waals surface area (Å²) in [5.74, 6) is -0.945. The van der Waals surface area contributed by atoms with Gasteiger partial charge in [-0.15, -0.1) is 0 Å². The van der Waals surface area contributed by atoms with Crippen molar-refractivity contribution < 1.29 is 14.7 Å². The molecule has 0 aliphatic carbocycles. The van der Waals surface area contributed by atoms with E-state index in [-0.39, 0.29) is 5.91 Å². The van der Waals surface area contributed by atoms with Crippen molar-refractivity contribution in [2.24, 2.45) is 0 Å². The van der Waals surface area contributed by atoms with Gasteiger partial charge in [0.15, 0.2) is 0 Å². The lowest BCUT2D eigenvalue weighted by Gasteiger charge is -2.34. The second kappa shape index (κ2) is 7.25. The molecule has 114 valence electrons. The van der Waals surface area contributed by atoms with E-state index in [0.29, 0.717) is 19.4 Å². The molecule has 2 rings (SSSR count). The quantitative estimate of drug-likeness (QED) is 0.819. The average Bonchev–Trinajstić information content (AvgIpc) is 2.50. The van der Waals surface area contributed by atoms with E-state index in [4.69, 9.17) is 0 Å². The number of hydrogen-bond acceptors (Lipinski definition) is 2. The van der Waals surface area contributed by atoms with Gasteiger partial charge >= 0.3 is 5.97 Å². The number of hydrogen-bond donors (Lipinski definition) is 1. The third-order valence-electron chi connectivity index (χ3n) is 4.10. The maximum absolute atomic E-state index is 12.3. The van der Waals surface area contributed by atoms with Crippen LogP contribution in [0.3, 0.4) is 0 Å². The molecule has 0 aromatic heterocycles. The Bertz CT molecular complexity index is 513. The number of carbonyl (C=O) groups is 2. The highest BCUT2D eigenvalue weighted by atomic mass is 16.4. The number of fused-ring (bicyclic) bond motifs is 1. The Labute approximate surface area is 125 Å². The molecule has 1 aliphatic rings. The largest absolute Gasteiger partial charge is 0.480 e. The van der Waals surface area contributed by atoms with Gasteiger partial charge in [-0.25, -0.2) is 4.79 Å². The lowest BCUT2D eigenvalue weighted by atomic mass is 9.93. The number of rotatable bonds is 6. The van der Waals surface area contributed by atoms with Crippen molar-refractivity contribution in [3.63, 3.8) is 0 Å². The standard InChI is InChI=1S/C17H23NO3/c1-2-3-4-5-10-16(19)18-12-14-9-7-6-8-13(14)11-15(18)17(20)21/h6-9,15H,2-5,10-12H2,1H3,(H,20,21). The zero-order valence-electron chi connectivity index (χ0n) is 12.5. The number of unbranched alkanes of at least 4 members (excludes halogenated alkanes) is 3. The van der Waals surface area contributed by atoms with Crippen molar-refractivity contribution in [1.82, 2.24) is 4.90 Å². The summed E-state index contributed by atoms with van der Waals surface area (Å²) in [5, 5.41) is 9.40. The summed E-state index contributed by atoms with van der Waals surface area (Å²) in [6.07, 6.45) is 4.99. The maximum Gasteiger partial charge on any atom is 0.326 e. The smallest absolute Gasteiger partial charge is 0.326 e. The van der Waals surface area contributed by atoms with Crippen LogP contribution in [0.1, 0.15) is 50.2 Å². The molecule has 21 heavy (non-hydrogen) atoms. The number of aliphatic carboxylic acids is 1. The first-order chi connectivity index (χ1) is 10.1. The predicted molar refractivity (Wildman–Crippen MR) is 80.9 cm³/mol. The van der Waals surface area contributed by atoms with Crippen molar-refractivity contribution in [3.8, 4) is 0 Å². The van der Waals surface area contributed by atoms with Crippen LogP contribution in [0, 0.1) is 0 Å². The molecule has 0 bridgehead atoms. The number of carboxylic acids is 1. The summed E-state index contributed by atoms with van der Waals surface area (Å²) >= 11 is 0. The minimum Gasteiger partial charge on any atom is -0.480 e. The van der Waals surface area contributed by atoms with Gasteiger partial charge in [0.1, 0.15) is 6.04 Å². The van der Waals surface area contributed by atoms with Gasteiger partial charge in [-0.3, -0.25) is 4.79 Å². The zero-order valence-corrected chi connectivity index (χ0v) is 12.5. The summed E-state index contributed by atoms with van der Waals surface area (Å²) in [6, 6.07) is 7.06. The fourth-order valence-electron chi connectivity index (χ4n) is 2.85. The molecule has 0 saturated carbocycles. The number of benzene rings is 1. The van der Waals surface area contributed by atoms with E-state index in [2.05, 4.69) is 6.92 Å². The van der Waals surface area contributed by atoms with Crippen LogP contribution in [0.4, 0.5) is 0 Å². The van der Waals surface area contributed by atoms with E-state index >= 15 is 0 Å². The van der Waals surface area contributed by atoms with Gasteiger partial charge in [0, 0.05) is 19.4 Å². The lowest BCUT2D eigenvalue weighted by Crippen LogP contribution is -2.48. The number of carbonyl (C=O) groups excluding carboxylic acids is 1. The van der Waals surface area contributed by atoms with Crippen LogP contribution in [0.15, 0.2) is 24.3 Å². The summed E-state index contributed by atoms with van der Waals surface area (Å²) in [7, 11) is 0. The molecule has 0 saturated heterocycles. The van der Waals surface area contributed by atoms with Gasteiger partial charge in [-0.2, -0.15) is 0 Å². The van der Waals surface area contributed by atoms with Crippen molar-refractivity contribution in [2.75, 3.05) is 0 Å². The van der Waals surface area contributed by atoms with E-state index < -0.39 is 12.0 Å². The molecule has 1 aromatic rings. The summed E-state index contributed by atoms with van der Waals surface area (Å²) in [5.41, 5.74) is 2.11. The van der Waals surface area contributed by atoms with Gasteiger partial charge in [0.25, 0.3) is 0 Å². The molecule has 4 nitrogen and oxygen atoms in total. The van der Waals surface area contributed by atoms with Gasteiger partial charge in [0.05, 0.1) is 0 Å². The Morgan fingerprint density at radius 1 is 1.19 bits per heavy atom. The van der Waals surface area contributed by atoms with Crippen LogP contribution in [0.5, 0.6) is 0 Å². The minimum atomic E-state index is -0.911. The highest BCUT2D eigenvalue weighted by Gasteiger charge is 2.33. The molecule has 1 unspecified atom stereocenters. The minimum absolute atomic E-state index is 0.0343. The van der Waals surface area contributed by atoms with E-state index in [1.54, 1.807) is 0 Å². The molecule has 1 aromatic carbocycles. The molecule has 1 aliphatic heterocycles. The number of carboxylic acid groups (broad SMARTS) is 1. The summed E-state index contributed by atoms with van der Waals surface area (Å²) < 4.78 is 0. The first kappa shape index (κ1) is 15.5. The van der Waals surface area contributed by atoms with E-state index in [0.717, 1.165) is 36.8 Å². The Balaban J connectivity index is 2.06. The molecule has 1 N–H and O–H groups in total. The Kier molecular flexibility index (Phi) is 5.37. The van der Waals surface area contributed by atoms with Crippen molar-refractivity contribution in [2.45, 2.75) is 58.0 Å². The van der Waals surface area contributed by atoms with E-state index in [1.165, 1.54) is 4.90 Å². The summed E-state index contributed by atoms with van der Waals surface area (Å²) in [4.78, 5) is 25.3. The molecule has 1 amide bonds. The molecular formula is C17H23NO3. The van der Waals surface area contributed by atoms with Gasteiger partial charge < -0.3 is 10.0 Å². The molecule has 0 spiro atoms. The molecule has 1 atom stereocenters. The van der Waals surface area contributed by atoms with Crippen molar-refractivity contribution >= 4 is 11.9 Å². The third kappa shape index (κ3) is 3.84. The molecule has 0 fully saturated rings. The van der Waals surface area contributed by atoms with E-state index in [1.807, 2.05) is 24.3 Å². The van der Waals surface area contributed by atoms with Gasteiger partial charge in [0.2, 0.25) is 5.91 Å². The number of amides is 1. The average molecular weight is 289 g/mol. The Morgan fingerprint density at radius 3 is 2.57 bits per heavy atom. The lowest BCUT2D eigenvalue weighted by molar-refractivity contribution is -0.151. The first-order valence-corrected chi connectivity index (χ1v) is 7.72. The van der Waals surface area contributed by atoms with Crippen molar-refractivity contribution in [1.29, 1.82) is 0 Å². The summed E-state index contributed by atoms with van der Waals surface area (Å²) in [6.45, 7) is 2.55. The highest BCUT2D eigenvalue weighted by Crippen LogP contribution is 2.24. The van der Waals surface area contributed by atoms with Crippen LogP contribution in [0.2, 0.25) is 0 Å². The number of nitrogens with zero attached hydrogens (tertiary/aromatic N) is 1. The van der Waals surface area contributed by atoms with Crippen LogP contribution in [-0.4, -0.2) is 27.9 Å². The van der Waals surface area contributed by atoms with Crippen LogP contribution in [-0.2, 0) is 22.6 Å². The zero-order chi connectivity index (χ0) is 15.2. The van der Waals surface area contributed by atoms with Crippen LogP contribution < -0.4 is 0 Å². The first-order valence-electron chi connectivity index (χ1n) is 7.72. The van der Waals surface area contributed by atoms with Crippen LogP contribution in [0.25, 0.3) is 0 Å². The molecule has 1 heterocycles. The highest BCUT2D eigenvalue weighted by molar-refractivity contribution is 5.84. The van der Waals surface area contributed by atoms with E-state index in [9.17, 15) is 14.7 Å².